The number of hydrogen-bond acceptors (Lipinski definition) is 5. The summed E-state index contributed by atoms with van der Waals surface area (Å²) in [6, 6.07) is 19.8. The molecule has 2 aromatic carbocycles. The van der Waals surface area contributed by atoms with E-state index in [0.29, 0.717) is 5.02 Å². The van der Waals surface area contributed by atoms with E-state index in [4.69, 9.17) is 11.6 Å². The third kappa shape index (κ3) is 4.50. The van der Waals surface area contributed by atoms with Gasteiger partial charge < -0.3 is 10.0 Å². The second-order valence-electron chi connectivity index (χ2n) is 7.48. The Bertz CT molecular complexity index is 1230. The van der Waals surface area contributed by atoms with Crippen LogP contribution < -0.4 is 10.0 Å². The predicted molar refractivity (Wildman–Crippen MR) is 126 cm³/mol. The van der Waals surface area contributed by atoms with Crippen molar-refractivity contribution >= 4 is 51.7 Å². The summed E-state index contributed by atoms with van der Waals surface area (Å²) < 4.78 is 3.22. The van der Waals surface area contributed by atoms with E-state index < -0.39 is 0 Å². The van der Waals surface area contributed by atoms with Gasteiger partial charge in [-0.15, -0.1) is 0 Å². The number of nitrogens with one attached hydrogen (secondary N) is 2. The molecule has 1 aliphatic rings. The fraction of sp³-hybridized carbons (Fsp3) is 0.125. The van der Waals surface area contributed by atoms with Crippen molar-refractivity contribution in [3.05, 3.63) is 89.8 Å². The van der Waals surface area contributed by atoms with Gasteiger partial charge in [-0.1, -0.05) is 35.9 Å². The zero-order valence-electron chi connectivity index (χ0n) is 16.5. The number of rotatable bonds is 6. The molecule has 0 radical (unpaired) electrons. The average Bonchev–Trinajstić information content (AvgIpc) is 3.61. The van der Waals surface area contributed by atoms with Crippen molar-refractivity contribution < 1.29 is 4.79 Å². The lowest BCUT2D eigenvalue weighted by atomic mass is 10.1. The van der Waals surface area contributed by atoms with E-state index >= 15 is 0 Å². The van der Waals surface area contributed by atoms with Gasteiger partial charge >= 0.3 is 0 Å². The first-order chi connectivity index (χ1) is 15.2. The Morgan fingerprint density at radius 1 is 1.06 bits per heavy atom. The molecule has 2 atom stereocenters. The molecule has 0 aliphatic heterocycles. The van der Waals surface area contributed by atoms with Crippen LogP contribution in [0.15, 0.2) is 84.1 Å². The molecule has 5 nitrogen and oxygen atoms in total. The van der Waals surface area contributed by atoms with E-state index in [0.717, 1.165) is 33.6 Å². The topological polar surface area (TPSA) is 66.9 Å². The van der Waals surface area contributed by atoms with Crippen molar-refractivity contribution in [3.8, 4) is 0 Å². The van der Waals surface area contributed by atoms with Crippen molar-refractivity contribution in [1.29, 1.82) is 0 Å². The van der Waals surface area contributed by atoms with Crippen LogP contribution in [0.5, 0.6) is 0 Å². The number of halogens is 1. The summed E-state index contributed by atoms with van der Waals surface area (Å²) in [7, 11) is 0. The smallest absolute Gasteiger partial charge is 0.228 e. The van der Waals surface area contributed by atoms with E-state index in [1.165, 1.54) is 17.5 Å². The Morgan fingerprint density at radius 2 is 1.94 bits per heavy atom. The molecule has 0 spiro atoms. The van der Waals surface area contributed by atoms with Crippen LogP contribution in [-0.4, -0.2) is 15.9 Å². The standard InChI is InChI=1S/C24H19ClN4OS/c25-22-14-26-13-16-4-7-17(11-20(16)22)28-24(30)21-12-19(21)15-5-8-18(9-6-15)31-29-23-3-1-2-10-27-23/h1-11,13-14,19,21H,12H2,(H,27,29)(H,28,30)/t19-,21?/m0/s1. The highest BCUT2D eigenvalue weighted by molar-refractivity contribution is 8.00. The molecule has 1 aliphatic carbocycles. The number of aromatic nitrogens is 2. The highest BCUT2D eigenvalue weighted by Gasteiger charge is 2.43. The van der Waals surface area contributed by atoms with Crippen molar-refractivity contribution in [2.75, 3.05) is 10.0 Å². The number of fused-ring (bicyclic) bond motifs is 1. The van der Waals surface area contributed by atoms with Gasteiger partial charge in [0.1, 0.15) is 5.82 Å². The SMILES string of the molecule is O=C(Nc1ccc2cncc(Cl)c2c1)C1C[C@H]1c1ccc(SNc2ccccn2)cc1. The lowest BCUT2D eigenvalue weighted by Crippen LogP contribution is -2.14. The van der Waals surface area contributed by atoms with Crippen LogP contribution in [0.4, 0.5) is 11.5 Å². The van der Waals surface area contributed by atoms with Crippen molar-refractivity contribution in [1.82, 2.24) is 9.97 Å². The quantitative estimate of drug-likeness (QED) is 0.348. The van der Waals surface area contributed by atoms with Gasteiger partial charge in [-0.05, 0) is 66.2 Å². The normalized spacial score (nSPS) is 17.3. The summed E-state index contributed by atoms with van der Waals surface area (Å²) in [5, 5.41) is 5.44. The van der Waals surface area contributed by atoms with Crippen LogP contribution in [0.2, 0.25) is 5.02 Å². The molecule has 1 unspecified atom stereocenters. The van der Waals surface area contributed by atoms with Gasteiger partial charge in [-0.3, -0.25) is 9.78 Å². The summed E-state index contributed by atoms with van der Waals surface area (Å²) in [4.78, 5) is 22.2. The number of pyridine rings is 2. The van der Waals surface area contributed by atoms with Gasteiger partial charge in [0.15, 0.2) is 0 Å². The molecule has 5 rings (SSSR count). The monoisotopic (exact) mass is 446 g/mol. The highest BCUT2D eigenvalue weighted by atomic mass is 35.5. The third-order valence-corrected chi connectivity index (χ3v) is 6.47. The van der Waals surface area contributed by atoms with Crippen LogP contribution in [0.1, 0.15) is 17.9 Å². The number of amides is 1. The summed E-state index contributed by atoms with van der Waals surface area (Å²) in [6.07, 6.45) is 5.99. The van der Waals surface area contributed by atoms with Crippen molar-refractivity contribution in [3.63, 3.8) is 0 Å². The minimum atomic E-state index is -0.00578. The number of benzene rings is 2. The lowest BCUT2D eigenvalue weighted by molar-refractivity contribution is -0.117. The summed E-state index contributed by atoms with van der Waals surface area (Å²) in [5.74, 6) is 1.12. The molecular formula is C24H19ClN4OS. The van der Waals surface area contributed by atoms with Crippen molar-refractivity contribution in [2.45, 2.75) is 17.2 Å². The Labute approximate surface area is 189 Å². The molecule has 1 saturated carbocycles. The van der Waals surface area contributed by atoms with Gasteiger partial charge in [0.25, 0.3) is 0 Å². The summed E-state index contributed by atoms with van der Waals surface area (Å²) in [6.45, 7) is 0. The first-order valence-electron chi connectivity index (χ1n) is 9.95. The minimum Gasteiger partial charge on any atom is -0.326 e. The number of nitrogens with zero attached hydrogens (tertiary/aromatic N) is 2. The van der Waals surface area contributed by atoms with E-state index in [1.54, 1.807) is 18.6 Å². The van der Waals surface area contributed by atoms with Crippen LogP contribution in [-0.2, 0) is 4.79 Å². The van der Waals surface area contributed by atoms with Gasteiger partial charge in [0.2, 0.25) is 5.91 Å². The molecule has 154 valence electrons. The first-order valence-corrected chi connectivity index (χ1v) is 11.1. The largest absolute Gasteiger partial charge is 0.326 e. The fourth-order valence-corrected chi connectivity index (χ4v) is 4.45. The summed E-state index contributed by atoms with van der Waals surface area (Å²) >= 11 is 7.75. The zero-order chi connectivity index (χ0) is 21.2. The molecule has 2 heterocycles. The molecule has 0 saturated heterocycles. The van der Waals surface area contributed by atoms with Gasteiger partial charge in [-0.2, -0.15) is 0 Å². The fourth-order valence-electron chi connectivity index (χ4n) is 3.61. The molecule has 31 heavy (non-hydrogen) atoms. The van der Waals surface area contributed by atoms with E-state index in [-0.39, 0.29) is 17.7 Å². The molecule has 7 heteroatoms. The molecular weight excluding hydrogens is 428 g/mol. The second-order valence-corrected chi connectivity index (χ2v) is 8.77. The lowest BCUT2D eigenvalue weighted by Gasteiger charge is -2.08. The molecule has 2 aromatic heterocycles. The molecule has 1 amide bonds. The number of carbonyl (C=O) groups is 1. The maximum absolute atomic E-state index is 12.7. The Hall–Kier alpha value is -3.09. The van der Waals surface area contributed by atoms with Crippen LogP contribution >= 0.6 is 23.5 Å². The summed E-state index contributed by atoms with van der Waals surface area (Å²) in [5.41, 5.74) is 1.94. The number of hydrogen-bond donors (Lipinski definition) is 2. The minimum absolute atomic E-state index is 0.00578. The van der Waals surface area contributed by atoms with Crippen molar-refractivity contribution in [2.24, 2.45) is 5.92 Å². The van der Waals surface area contributed by atoms with E-state index in [9.17, 15) is 4.79 Å². The predicted octanol–water partition coefficient (Wildman–Crippen LogP) is 6.14. The van der Waals surface area contributed by atoms with Gasteiger partial charge in [0, 0.05) is 45.9 Å². The van der Waals surface area contributed by atoms with Crippen LogP contribution in [0.25, 0.3) is 10.8 Å². The second kappa shape index (κ2) is 8.57. The maximum atomic E-state index is 12.7. The van der Waals surface area contributed by atoms with Crippen LogP contribution in [0, 0.1) is 5.92 Å². The van der Waals surface area contributed by atoms with Gasteiger partial charge in [0.05, 0.1) is 5.02 Å². The third-order valence-electron chi connectivity index (χ3n) is 5.35. The van der Waals surface area contributed by atoms with Gasteiger partial charge in [-0.25, -0.2) is 4.98 Å². The molecule has 4 aromatic rings. The average molecular weight is 447 g/mol. The highest BCUT2D eigenvalue weighted by Crippen LogP contribution is 2.48. The number of anilines is 2. The van der Waals surface area contributed by atoms with E-state index in [2.05, 4.69) is 44.3 Å². The molecule has 2 N–H and O–H groups in total. The Balaban J connectivity index is 1.19. The van der Waals surface area contributed by atoms with E-state index in [1.807, 2.05) is 36.4 Å². The Kier molecular flexibility index (Phi) is 5.49. The number of carbonyl (C=O) groups excluding carboxylic acids is 1. The maximum Gasteiger partial charge on any atom is 0.228 e. The Morgan fingerprint density at radius 3 is 2.74 bits per heavy atom. The zero-order valence-corrected chi connectivity index (χ0v) is 18.0. The molecule has 1 fully saturated rings. The molecule has 0 bridgehead atoms. The first kappa shape index (κ1) is 19.8. The van der Waals surface area contributed by atoms with Crippen LogP contribution in [0.3, 0.4) is 0 Å².